The zero-order chi connectivity index (χ0) is 15.0. The fraction of sp³-hybridized carbons (Fsp3) is 0.583. The second-order valence-electron chi connectivity index (χ2n) is 4.30. The van der Waals surface area contributed by atoms with Gasteiger partial charge in [0, 0.05) is 27.0 Å². The monoisotopic (exact) mass is 284 g/mol. The highest BCUT2D eigenvalue weighted by Gasteiger charge is 2.19. The van der Waals surface area contributed by atoms with Crippen molar-refractivity contribution < 1.29 is 19.4 Å². The van der Waals surface area contributed by atoms with Crippen LogP contribution in [-0.4, -0.2) is 46.6 Å². The number of carbonyl (C=O) groups excluding carboxylic acids is 1. The molecule has 20 heavy (non-hydrogen) atoms. The molecular weight excluding hydrogens is 264 g/mol. The largest absolute Gasteiger partial charge is 0.480 e. The molecule has 1 heterocycles. The minimum atomic E-state index is -1.06. The Hall–Kier alpha value is -2.09. The van der Waals surface area contributed by atoms with Crippen LogP contribution in [0.3, 0.4) is 0 Å². The predicted molar refractivity (Wildman–Crippen MR) is 71.1 cm³/mol. The minimum absolute atomic E-state index is 0.284. The van der Waals surface area contributed by atoms with Gasteiger partial charge in [-0.15, -0.1) is 0 Å². The van der Waals surface area contributed by atoms with E-state index in [0.29, 0.717) is 19.4 Å². The summed E-state index contributed by atoms with van der Waals surface area (Å²) in [7, 11) is 3.31. The number of aliphatic carboxylic acids is 1. The maximum Gasteiger partial charge on any atom is 0.326 e. The molecule has 0 bridgehead atoms. The van der Waals surface area contributed by atoms with Crippen molar-refractivity contribution in [2.24, 2.45) is 7.05 Å². The molecule has 1 rings (SSSR count). The summed E-state index contributed by atoms with van der Waals surface area (Å²) in [5, 5.41) is 18.0. The van der Waals surface area contributed by atoms with Crippen LogP contribution in [0.15, 0.2) is 12.3 Å². The highest BCUT2D eigenvalue weighted by Crippen LogP contribution is 1.99. The van der Waals surface area contributed by atoms with Gasteiger partial charge in [0.1, 0.15) is 6.04 Å². The first-order valence-corrected chi connectivity index (χ1v) is 6.27. The number of carboxylic acids is 1. The molecule has 112 valence electrons. The van der Waals surface area contributed by atoms with Gasteiger partial charge < -0.3 is 20.5 Å². The first kappa shape index (κ1) is 16.0. The van der Waals surface area contributed by atoms with E-state index in [4.69, 9.17) is 9.84 Å². The molecule has 0 fully saturated rings. The van der Waals surface area contributed by atoms with E-state index >= 15 is 0 Å². The lowest BCUT2D eigenvalue weighted by Crippen LogP contribution is -2.46. The van der Waals surface area contributed by atoms with Crippen LogP contribution in [0.5, 0.6) is 0 Å². The maximum absolute atomic E-state index is 11.7. The van der Waals surface area contributed by atoms with E-state index in [9.17, 15) is 9.59 Å². The molecule has 0 aliphatic carbocycles. The first-order valence-electron chi connectivity index (χ1n) is 6.27. The Morgan fingerprint density at radius 1 is 1.55 bits per heavy atom. The van der Waals surface area contributed by atoms with Gasteiger partial charge in [0.05, 0.1) is 12.2 Å². The summed E-state index contributed by atoms with van der Waals surface area (Å²) >= 11 is 0. The summed E-state index contributed by atoms with van der Waals surface area (Å²) in [6.07, 6.45) is 2.51. The van der Waals surface area contributed by atoms with E-state index in [1.165, 1.54) is 0 Å². The first-order chi connectivity index (χ1) is 9.54. The van der Waals surface area contributed by atoms with Crippen LogP contribution in [0.1, 0.15) is 18.5 Å². The lowest BCUT2D eigenvalue weighted by molar-refractivity contribution is -0.139. The quantitative estimate of drug-likeness (QED) is 0.587. The summed E-state index contributed by atoms with van der Waals surface area (Å²) in [5.74, 6) is -1.06. The predicted octanol–water partition coefficient (Wildman–Crippen LogP) is 0.0991. The Morgan fingerprint density at radius 2 is 2.30 bits per heavy atom. The van der Waals surface area contributed by atoms with Crippen molar-refractivity contribution >= 4 is 12.0 Å². The van der Waals surface area contributed by atoms with Crippen LogP contribution < -0.4 is 10.6 Å². The molecule has 8 heteroatoms. The molecule has 0 spiro atoms. The Morgan fingerprint density at radius 3 is 2.85 bits per heavy atom. The molecule has 8 nitrogen and oxygen atoms in total. The zero-order valence-electron chi connectivity index (χ0n) is 11.6. The van der Waals surface area contributed by atoms with E-state index in [-0.39, 0.29) is 6.54 Å². The van der Waals surface area contributed by atoms with E-state index in [2.05, 4.69) is 15.7 Å². The average Bonchev–Trinajstić information content (AvgIpc) is 2.81. The summed E-state index contributed by atoms with van der Waals surface area (Å²) in [6, 6.07) is 0.334. The number of carboxylic acid groups (broad SMARTS) is 1. The van der Waals surface area contributed by atoms with Crippen LogP contribution in [0.4, 0.5) is 4.79 Å². The third kappa shape index (κ3) is 5.27. The molecule has 2 amide bonds. The number of urea groups is 1. The molecule has 1 unspecified atom stereocenters. The molecule has 0 aliphatic heterocycles. The molecule has 1 aromatic rings. The van der Waals surface area contributed by atoms with Crippen LogP contribution in [0.2, 0.25) is 0 Å². The molecule has 3 N–H and O–H groups in total. The standard InChI is InChI=1S/C12H20N4O4/c1-16-9(5-6-14-16)8-13-12(19)15-10(11(17)18)4-3-7-20-2/h5-6,10H,3-4,7-8H2,1-2H3,(H,17,18)(H2,13,15,19). The fourth-order valence-corrected chi connectivity index (χ4v) is 1.64. The van der Waals surface area contributed by atoms with E-state index in [0.717, 1.165) is 5.69 Å². The van der Waals surface area contributed by atoms with E-state index < -0.39 is 18.0 Å². The fourth-order valence-electron chi connectivity index (χ4n) is 1.64. The van der Waals surface area contributed by atoms with Crippen LogP contribution in [-0.2, 0) is 23.1 Å². The van der Waals surface area contributed by atoms with Gasteiger partial charge in [0.15, 0.2) is 0 Å². The van der Waals surface area contributed by atoms with Gasteiger partial charge in [0.2, 0.25) is 0 Å². The average molecular weight is 284 g/mol. The molecule has 0 saturated heterocycles. The molecule has 1 atom stereocenters. The summed E-state index contributed by atoms with van der Waals surface area (Å²) in [5.41, 5.74) is 0.825. The van der Waals surface area contributed by atoms with Crippen molar-refractivity contribution in [2.75, 3.05) is 13.7 Å². The van der Waals surface area contributed by atoms with Gasteiger partial charge in [-0.25, -0.2) is 9.59 Å². The molecule has 0 radical (unpaired) electrons. The van der Waals surface area contributed by atoms with Gasteiger partial charge in [0.25, 0.3) is 0 Å². The second kappa shape index (κ2) is 8.16. The lowest BCUT2D eigenvalue weighted by atomic mass is 10.1. The van der Waals surface area contributed by atoms with Gasteiger partial charge in [-0.1, -0.05) is 0 Å². The summed E-state index contributed by atoms with van der Waals surface area (Å²) in [4.78, 5) is 22.7. The summed E-state index contributed by atoms with van der Waals surface area (Å²) < 4.78 is 6.49. The van der Waals surface area contributed by atoms with Gasteiger partial charge in [-0.3, -0.25) is 4.68 Å². The van der Waals surface area contributed by atoms with Crippen molar-refractivity contribution in [1.29, 1.82) is 0 Å². The van der Waals surface area contributed by atoms with Crippen molar-refractivity contribution in [3.63, 3.8) is 0 Å². The number of rotatable bonds is 8. The van der Waals surface area contributed by atoms with Crippen molar-refractivity contribution in [2.45, 2.75) is 25.4 Å². The Kier molecular flexibility index (Phi) is 6.51. The number of ether oxygens (including phenoxy) is 1. The van der Waals surface area contributed by atoms with E-state index in [1.54, 1.807) is 31.1 Å². The highest BCUT2D eigenvalue weighted by molar-refractivity contribution is 5.82. The van der Waals surface area contributed by atoms with E-state index in [1.807, 2.05) is 0 Å². The van der Waals surface area contributed by atoms with Crippen LogP contribution in [0, 0.1) is 0 Å². The van der Waals surface area contributed by atoms with Crippen LogP contribution in [0.25, 0.3) is 0 Å². The van der Waals surface area contributed by atoms with Gasteiger partial charge >= 0.3 is 12.0 Å². The minimum Gasteiger partial charge on any atom is -0.480 e. The number of amides is 2. The number of nitrogens with one attached hydrogen (secondary N) is 2. The molecule has 0 aromatic carbocycles. The number of hydrogen-bond donors (Lipinski definition) is 3. The van der Waals surface area contributed by atoms with Crippen molar-refractivity contribution in [3.8, 4) is 0 Å². The molecule has 1 aromatic heterocycles. The normalized spacial score (nSPS) is 11.9. The Bertz CT molecular complexity index is 446. The number of nitrogens with zero attached hydrogens (tertiary/aromatic N) is 2. The zero-order valence-corrected chi connectivity index (χ0v) is 11.6. The highest BCUT2D eigenvalue weighted by atomic mass is 16.5. The van der Waals surface area contributed by atoms with Gasteiger partial charge in [-0.2, -0.15) is 5.10 Å². The lowest BCUT2D eigenvalue weighted by Gasteiger charge is -2.15. The second-order valence-corrected chi connectivity index (χ2v) is 4.30. The topological polar surface area (TPSA) is 105 Å². The van der Waals surface area contributed by atoms with Crippen molar-refractivity contribution in [3.05, 3.63) is 18.0 Å². The van der Waals surface area contributed by atoms with Crippen LogP contribution >= 0.6 is 0 Å². The third-order valence-electron chi connectivity index (χ3n) is 2.80. The number of aryl methyl sites for hydroxylation is 1. The van der Waals surface area contributed by atoms with Crippen molar-refractivity contribution in [1.82, 2.24) is 20.4 Å². The number of hydrogen-bond acceptors (Lipinski definition) is 4. The Labute approximate surface area is 117 Å². The molecule has 0 saturated carbocycles. The summed E-state index contributed by atoms with van der Waals surface area (Å²) in [6.45, 7) is 0.745. The number of carbonyl (C=O) groups is 2. The van der Waals surface area contributed by atoms with Gasteiger partial charge in [-0.05, 0) is 18.9 Å². The molecular formula is C12H20N4O4. The smallest absolute Gasteiger partial charge is 0.326 e. The number of methoxy groups -OCH3 is 1. The SMILES string of the molecule is COCCCC(NC(=O)NCc1ccnn1C)C(=O)O. The molecule has 0 aliphatic rings. The third-order valence-corrected chi connectivity index (χ3v) is 2.80. The Balaban J connectivity index is 2.38. The maximum atomic E-state index is 11.7. The number of aromatic nitrogens is 2.